The van der Waals surface area contributed by atoms with E-state index in [0.717, 1.165) is 12.8 Å². The molecule has 0 bridgehead atoms. The molecule has 3 nitrogen and oxygen atoms in total. The normalized spacial score (nSPS) is 28.4. The van der Waals surface area contributed by atoms with Crippen LogP contribution in [0, 0.1) is 34.5 Å². The Hall–Kier alpha value is -0.560. The molecule has 116 valence electrons. The second kappa shape index (κ2) is 6.47. The van der Waals surface area contributed by atoms with E-state index in [1.165, 1.54) is 0 Å². The first-order valence-corrected chi connectivity index (χ1v) is 9.40. The van der Waals surface area contributed by atoms with Gasteiger partial charge in [0.15, 0.2) is 9.84 Å². The molecule has 0 spiro atoms. The summed E-state index contributed by atoms with van der Waals surface area (Å²) in [4.78, 5) is 0. The number of rotatable bonds is 4. The third-order valence-corrected chi connectivity index (χ3v) is 6.87. The molecule has 3 atom stereocenters. The van der Waals surface area contributed by atoms with Crippen LogP contribution in [-0.4, -0.2) is 19.4 Å². The lowest BCUT2D eigenvalue weighted by molar-refractivity contribution is 0.166. The van der Waals surface area contributed by atoms with E-state index in [9.17, 15) is 13.7 Å². The van der Waals surface area contributed by atoms with Gasteiger partial charge in [-0.05, 0) is 42.9 Å². The third-order valence-electron chi connectivity index (χ3n) is 4.62. The Morgan fingerprint density at radius 1 is 1.25 bits per heavy atom. The summed E-state index contributed by atoms with van der Waals surface area (Å²) in [7, 11) is -3.16. The fourth-order valence-electron chi connectivity index (χ4n) is 3.01. The molecule has 0 radical (unpaired) electrons. The van der Waals surface area contributed by atoms with Crippen LogP contribution in [0.2, 0.25) is 0 Å². The Labute approximate surface area is 124 Å². The van der Waals surface area contributed by atoms with Crippen molar-refractivity contribution >= 4 is 9.84 Å². The van der Waals surface area contributed by atoms with Crippen molar-refractivity contribution in [3.8, 4) is 6.07 Å². The highest BCUT2D eigenvalue weighted by Crippen LogP contribution is 2.42. The van der Waals surface area contributed by atoms with Gasteiger partial charge in [0, 0.05) is 0 Å². The molecule has 20 heavy (non-hydrogen) atoms. The number of sulfone groups is 1. The third kappa shape index (κ3) is 4.48. The van der Waals surface area contributed by atoms with Gasteiger partial charge in [-0.2, -0.15) is 5.26 Å². The van der Waals surface area contributed by atoms with E-state index >= 15 is 0 Å². The lowest BCUT2D eigenvalue weighted by Gasteiger charge is -2.39. The van der Waals surface area contributed by atoms with Gasteiger partial charge < -0.3 is 0 Å². The van der Waals surface area contributed by atoms with Crippen molar-refractivity contribution in [3.05, 3.63) is 0 Å². The van der Waals surface area contributed by atoms with Crippen LogP contribution < -0.4 is 0 Å². The molecule has 3 unspecified atom stereocenters. The molecule has 1 fully saturated rings. The molecule has 1 aliphatic carbocycles. The fourth-order valence-corrected chi connectivity index (χ4v) is 5.34. The zero-order valence-electron chi connectivity index (χ0n) is 13.5. The van der Waals surface area contributed by atoms with Crippen molar-refractivity contribution in [2.24, 2.45) is 23.2 Å². The van der Waals surface area contributed by atoms with E-state index in [-0.39, 0.29) is 17.1 Å². The van der Waals surface area contributed by atoms with E-state index in [4.69, 9.17) is 0 Å². The van der Waals surface area contributed by atoms with Gasteiger partial charge >= 0.3 is 0 Å². The highest BCUT2D eigenvalue weighted by molar-refractivity contribution is 7.92. The van der Waals surface area contributed by atoms with Crippen LogP contribution in [0.15, 0.2) is 0 Å². The van der Waals surface area contributed by atoms with Gasteiger partial charge in [0.05, 0.1) is 23.0 Å². The summed E-state index contributed by atoms with van der Waals surface area (Å²) in [5.41, 5.74) is 0.117. The minimum absolute atomic E-state index is 0.117. The molecule has 1 rings (SSSR count). The van der Waals surface area contributed by atoms with Crippen LogP contribution >= 0.6 is 0 Å². The highest BCUT2D eigenvalue weighted by Gasteiger charge is 2.42. The van der Waals surface area contributed by atoms with Gasteiger partial charge in [-0.15, -0.1) is 0 Å². The van der Waals surface area contributed by atoms with Gasteiger partial charge in [-0.1, -0.05) is 34.6 Å². The standard InChI is InChI=1S/C16H29NO2S/c1-12(2)8-9-20(18,19)15-10-14(16(3,4)5)7-6-13(15)11-17/h12-15H,6-10H2,1-5H3. The van der Waals surface area contributed by atoms with Crippen molar-refractivity contribution in [2.75, 3.05) is 5.75 Å². The predicted molar refractivity (Wildman–Crippen MR) is 82.9 cm³/mol. The summed E-state index contributed by atoms with van der Waals surface area (Å²) >= 11 is 0. The molecule has 1 aliphatic rings. The molecular formula is C16H29NO2S. The van der Waals surface area contributed by atoms with Crippen LogP contribution in [0.4, 0.5) is 0 Å². The van der Waals surface area contributed by atoms with E-state index in [1.807, 2.05) is 13.8 Å². The SMILES string of the molecule is CC(C)CCS(=O)(=O)C1CC(C(C)(C)C)CCC1C#N. The monoisotopic (exact) mass is 299 g/mol. The predicted octanol–water partition coefficient (Wildman–Crippen LogP) is 3.80. The van der Waals surface area contributed by atoms with E-state index < -0.39 is 15.1 Å². The van der Waals surface area contributed by atoms with Crippen molar-refractivity contribution in [1.82, 2.24) is 0 Å². The first-order valence-electron chi connectivity index (χ1n) is 7.69. The maximum atomic E-state index is 12.6. The zero-order chi connectivity index (χ0) is 15.6. The molecule has 0 N–H and O–H groups in total. The van der Waals surface area contributed by atoms with Crippen LogP contribution in [0.5, 0.6) is 0 Å². The molecule has 0 aromatic rings. The number of hydrogen-bond donors (Lipinski definition) is 0. The molecule has 0 saturated heterocycles. The summed E-state index contributed by atoms with van der Waals surface area (Å²) in [5, 5.41) is 8.82. The molecule has 0 aliphatic heterocycles. The lowest BCUT2D eigenvalue weighted by atomic mass is 9.70. The molecule has 0 aromatic heterocycles. The largest absolute Gasteiger partial charge is 0.229 e. The van der Waals surface area contributed by atoms with Crippen molar-refractivity contribution in [2.45, 2.75) is 65.6 Å². The Kier molecular flexibility index (Phi) is 5.66. The maximum Gasteiger partial charge on any atom is 0.154 e. The summed E-state index contributed by atoms with van der Waals surface area (Å²) in [6.45, 7) is 10.6. The number of nitriles is 1. The Balaban J connectivity index is 2.89. The molecule has 4 heteroatoms. The average molecular weight is 299 g/mol. The van der Waals surface area contributed by atoms with Gasteiger partial charge in [-0.3, -0.25) is 0 Å². The Morgan fingerprint density at radius 2 is 1.85 bits per heavy atom. The average Bonchev–Trinajstić information content (AvgIpc) is 2.34. The molecule has 1 saturated carbocycles. The van der Waals surface area contributed by atoms with Gasteiger partial charge in [0.25, 0.3) is 0 Å². The highest BCUT2D eigenvalue weighted by atomic mass is 32.2. The molecule has 0 heterocycles. The Bertz CT molecular complexity index is 454. The van der Waals surface area contributed by atoms with Crippen molar-refractivity contribution in [3.63, 3.8) is 0 Å². The molecule has 0 amide bonds. The second-order valence-corrected chi connectivity index (χ2v) is 10.0. The minimum atomic E-state index is -3.16. The Morgan fingerprint density at radius 3 is 2.30 bits per heavy atom. The van der Waals surface area contributed by atoms with Gasteiger partial charge in [0.2, 0.25) is 0 Å². The van der Waals surface area contributed by atoms with E-state index in [2.05, 4.69) is 26.8 Å². The van der Waals surface area contributed by atoms with Crippen LogP contribution in [0.3, 0.4) is 0 Å². The fraction of sp³-hybridized carbons (Fsp3) is 0.938. The van der Waals surface area contributed by atoms with E-state index in [0.29, 0.717) is 24.7 Å². The summed E-state index contributed by atoms with van der Waals surface area (Å²) in [6, 6.07) is 2.24. The van der Waals surface area contributed by atoms with Crippen LogP contribution in [0.1, 0.15) is 60.3 Å². The van der Waals surface area contributed by atoms with E-state index in [1.54, 1.807) is 0 Å². The van der Waals surface area contributed by atoms with Crippen LogP contribution in [-0.2, 0) is 9.84 Å². The maximum absolute atomic E-state index is 12.6. The van der Waals surface area contributed by atoms with Crippen molar-refractivity contribution in [1.29, 1.82) is 5.26 Å². The number of hydrogen-bond acceptors (Lipinski definition) is 3. The summed E-state index contributed by atoms with van der Waals surface area (Å²) < 4.78 is 25.2. The first kappa shape index (κ1) is 17.5. The minimum Gasteiger partial charge on any atom is -0.229 e. The topological polar surface area (TPSA) is 57.9 Å². The first-order chi connectivity index (χ1) is 9.08. The lowest BCUT2D eigenvalue weighted by Crippen LogP contribution is -2.40. The second-order valence-electron chi connectivity index (χ2n) is 7.70. The quantitative estimate of drug-likeness (QED) is 0.793. The molecular weight excluding hydrogens is 270 g/mol. The van der Waals surface area contributed by atoms with Crippen LogP contribution in [0.25, 0.3) is 0 Å². The number of nitrogens with zero attached hydrogens (tertiary/aromatic N) is 1. The van der Waals surface area contributed by atoms with Crippen molar-refractivity contribution < 1.29 is 8.42 Å². The smallest absolute Gasteiger partial charge is 0.154 e. The molecule has 0 aromatic carbocycles. The summed E-state index contributed by atoms with van der Waals surface area (Å²) in [5.74, 6) is 0.689. The zero-order valence-corrected chi connectivity index (χ0v) is 14.3. The summed E-state index contributed by atoms with van der Waals surface area (Å²) in [6.07, 6.45) is 3.04. The van der Waals surface area contributed by atoms with Gasteiger partial charge in [0.1, 0.15) is 0 Å². The van der Waals surface area contributed by atoms with Gasteiger partial charge in [-0.25, -0.2) is 8.42 Å².